The molecular formula is C19H31N3OS. The first-order valence-electron chi connectivity index (χ1n) is 8.92. The maximum absolute atomic E-state index is 12.3. The molecule has 5 heteroatoms. The van der Waals surface area contributed by atoms with E-state index in [0.29, 0.717) is 11.3 Å². The molecule has 0 spiro atoms. The van der Waals surface area contributed by atoms with Gasteiger partial charge >= 0.3 is 6.03 Å². The molecule has 134 valence electrons. The van der Waals surface area contributed by atoms with Crippen LogP contribution in [0.3, 0.4) is 0 Å². The number of thioether (sulfide) groups is 1. The number of aryl methyl sites for hydroxylation is 1. The van der Waals surface area contributed by atoms with Gasteiger partial charge in [0.1, 0.15) is 0 Å². The van der Waals surface area contributed by atoms with Crippen molar-refractivity contribution in [1.82, 2.24) is 15.1 Å². The van der Waals surface area contributed by atoms with Gasteiger partial charge in [0.2, 0.25) is 0 Å². The maximum atomic E-state index is 12.3. The van der Waals surface area contributed by atoms with E-state index in [1.54, 1.807) is 0 Å². The van der Waals surface area contributed by atoms with Crippen LogP contribution in [0, 0.1) is 6.92 Å². The van der Waals surface area contributed by atoms with Gasteiger partial charge in [0.25, 0.3) is 0 Å². The zero-order valence-electron chi connectivity index (χ0n) is 15.4. The van der Waals surface area contributed by atoms with Crippen molar-refractivity contribution in [2.75, 3.05) is 33.7 Å². The molecule has 24 heavy (non-hydrogen) atoms. The molecule has 1 aliphatic rings. The Morgan fingerprint density at radius 1 is 1.38 bits per heavy atom. The molecule has 1 aromatic rings. The summed E-state index contributed by atoms with van der Waals surface area (Å²) in [6.07, 6.45) is 3.18. The minimum absolute atomic E-state index is 0.0919. The Morgan fingerprint density at radius 2 is 2.08 bits per heavy atom. The maximum Gasteiger partial charge on any atom is 0.317 e. The van der Waals surface area contributed by atoms with Crippen molar-refractivity contribution < 1.29 is 4.79 Å². The fourth-order valence-electron chi connectivity index (χ4n) is 3.07. The Hall–Kier alpha value is -1.20. The molecular weight excluding hydrogens is 318 g/mol. The molecule has 0 saturated carbocycles. The highest BCUT2D eigenvalue weighted by atomic mass is 32.2. The summed E-state index contributed by atoms with van der Waals surface area (Å²) in [5, 5.41) is 3.71. The number of rotatable bonds is 6. The van der Waals surface area contributed by atoms with Gasteiger partial charge in [0.05, 0.1) is 0 Å². The van der Waals surface area contributed by atoms with Gasteiger partial charge in [0.15, 0.2) is 0 Å². The van der Waals surface area contributed by atoms with E-state index in [-0.39, 0.29) is 6.03 Å². The molecule has 0 unspecified atom stereocenters. The average molecular weight is 350 g/mol. The van der Waals surface area contributed by atoms with Gasteiger partial charge in [-0.1, -0.05) is 24.6 Å². The van der Waals surface area contributed by atoms with Gasteiger partial charge in [-0.25, -0.2) is 4.79 Å². The predicted molar refractivity (Wildman–Crippen MR) is 103 cm³/mol. The lowest BCUT2D eigenvalue weighted by atomic mass is 10.1. The number of nitrogens with one attached hydrogen (secondary N) is 1. The Kier molecular flexibility index (Phi) is 7.43. The molecule has 0 radical (unpaired) electrons. The Bertz CT molecular complexity index is 527. The lowest BCUT2D eigenvalue weighted by Gasteiger charge is -2.32. The molecule has 1 saturated heterocycles. The standard InChI is InChI=1S/C19H31N3OS/c1-5-16(21(3)4)14-20-19(23)22-11-9-17(10-12-22)24-18-8-6-7-15(2)13-18/h6-8,13,16-17H,5,9-12,14H2,1-4H3,(H,20,23)/t16-/m0/s1. The third-order valence-electron chi connectivity index (χ3n) is 4.71. The van der Waals surface area contributed by atoms with Crippen LogP contribution in [0.5, 0.6) is 0 Å². The van der Waals surface area contributed by atoms with E-state index in [9.17, 15) is 4.79 Å². The van der Waals surface area contributed by atoms with Crippen LogP contribution in [0.15, 0.2) is 29.2 Å². The Morgan fingerprint density at radius 3 is 2.67 bits per heavy atom. The highest BCUT2D eigenvalue weighted by Crippen LogP contribution is 2.30. The first kappa shape index (κ1) is 19.1. The predicted octanol–water partition coefficient (Wildman–Crippen LogP) is 3.60. The summed E-state index contributed by atoms with van der Waals surface area (Å²) in [6.45, 7) is 6.72. The van der Waals surface area contributed by atoms with Crippen molar-refractivity contribution in [3.63, 3.8) is 0 Å². The largest absolute Gasteiger partial charge is 0.336 e. The lowest BCUT2D eigenvalue weighted by Crippen LogP contribution is -2.48. The number of likely N-dealkylation sites (tertiary alicyclic amines) is 1. The summed E-state index contributed by atoms with van der Waals surface area (Å²) in [5.41, 5.74) is 1.31. The minimum atomic E-state index is 0.0919. The Balaban J connectivity index is 1.74. The molecule has 1 atom stereocenters. The highest BCUT2D eigenvalue weighted by Gasteiger charge is 2.23. The first-order chi connectivity index (χ1) is 11.5. The van der Waals surface area contributed by atoms with E-state index in [4.69, 9.17) is 0 Å². The number of likely N-dealkylation sites (N-methyl/N-ethyl adjacent to an activating group) is 1. The van der Waals surface area contributed by atoms with Gasteiger partial charge in [0, 0.05) is 35.8 Å². The van der Waals surface area contributed by atoms with Crippen molar-refractivity contribution in [3.8, 4) is 0 Å². The second-order valence-electron chi connectivity index (χ2n) is 6.83. The van der Waals surface area contributed by atoms with E-state index < -0.39 is 0 Å². The van der Waals surface area contributed by atoms with E-state index in [0.717, 1.165) is 38.9 Å². The van der Waals surface area contributed by atoms with Crippen molar-refractivity contribution in [1.29, 1.82) is 0 Å². The van der Waals surface area contributed by atoms with Crippen LogP contribution in [-0.4, -0.2) is 60.9 Å². The molecule has 0 aromatic heterocycles. The number of hydrogen-bond acceptors (Lipinski definition) is 3. The molecule has 0 bridgehead atoms. The molecule has 1 aliphatic heterocycles. The SMILES string of the molecule is CC[C@@H](CNC(=O)N1CCC(Sc2cccc(C)c2)CC1)N(C)C. The summed E-state index contributed by atoms with van der Waals surface area (Å²) in [5.74, 6) is 0. The number of nitrogens with zero attached hydrogens (tertiary/aromatic N) is 2. The van der Waals surface area contributed by atoms with Crippen LogP contribution in [-0.2, 0) is 0 Å². The third-order valence-corrected chi connectivity index (χ3v) is 6.04. The molecule has 1 fully saturated rings. The molecule has 4 nitrogen and oxygen atoms in total. The topological polar surface area (TPSA) is 35.6 Å². The number of piperidine rings is 1. The van der Waals surface area contributed by atoms with Crippen LogP contribution in [0.25, 0.3) is 0 Å². The van der Waals surface area contributed by atoms with E-state index in [2.05, 4.69) is 62.4 Å². The van der Waals surface area contributed by atoms with E-state index in [1.807, 2.05) is 16.7 Å². The van der Waals surface area contributed by atoms with Crippen LogP contribution < -0.4 is 5.32 Å². The first-order valence-corrected chi connectivity index (χ1v) is 9.80. The second-order valence-corrected chi connectivity index (χ2v) is 8.21. The normalized spacial score (nSPS) is 17.1. The zero-order chi connectivity index (χ0) is 17.5. The quantitative estimate of drug-likeness (QED) is 0.852. The van der Waals surface area contributed by atoms with Crippen LogP contribution in [0.2, 0.25) is 0 Å². The molecule has 1 heterocycles. The van der Waals surface area contributed by atoms with Gasteiger partial charge in [-0.3, -0.25) is 0 Å². The zero-order valence-corrected chi connectivity index (χ0v) is 16.2. The van der Waals surface area contributed by atoms with Gasteiger partial charge in [-0.2, -0.15) is 0 Å². The van der Waals surface area contributed by atoms with Gasteiger partial charge in [-0.05, 0) is 52.4 Å². The fraction of sp³-hybridized carbons (Fsp3) is 0.632. The Labute approximate surface area is 151 Å². The summed E-state index contributed by atoms with van der Waals surface area (Å²) in [7, 11) is 4.13. The van der Waals surface area contributed by atoms with Crippen LogP contribution in [0.1, 0.15) is 31.7 Å². The van der Waals surface area contributed by atoms with Crippen molar-refractivity contribution in [3.05, 3.63) is 29.8 Å². The van der Waals surface area contributed by atoms with E-state index in [1.165, 1.54) is 10.5 Å². The molecule has 1 aromatic carbocycles. The van der Waals surface area contributed by atoms with Gasteiger partial charge in [-0.15, -0.1) is 11.8 Å². The molecule has 1 N–H and O–H groups in total. The van der Waals surface area contributed by atoms with Crippen LogP contribution >= 0.6 is 11.8 Å². The van der Waals surface area contributed by atoms with E-state index >= 15 is 0 Å². The average Bonchev–Trinajstić information content (AvgIpc) is 2.55. The second kappa shape index (κ2) is 9.33. The fourth-order valence-corrected chi connectivity index (χ4v) is 4.31. The van der Waals surface area contributed by atoms with Crippen molar-refractivity contribution in [2.24, 2.45) is 0 Å². The lowest BCUT2D eigenvalue weighted by molar-refractivity contribution is 0.182. The monoisotopic (exact) mass is 349 g/mol. The highest BCUT2D eigenvalue weighted by molar-refractivity contribution is 8.00. The number of hydrogen-bond donors (Lipinski definition) is 1. The minimum Gasteiger partial charge on any atom is -0.336 e. The molecule has 2 rings (SSSR count). The number of carbonyl (C=O) groups excluding carboxylic acids is 1. The third kappa shape index (κ3) is 5.71. The number of urea groups is 1. The summed E-state index contributed by atoms with van der Waals surface area (Å²) < 4.78 is 0. The number of amides is 2. The number of carbonyl (C=O) groups is 1. The van der Waals surface area contributed by atoms with Crippen LogP contribution in [0.4, 0.5) is 4.79 Å². The smallest absolute Gasteiger partial charge is 0.317 e. The van der Waals surface area contributed by atoms with Crippen molar-refractivity contribution >= 4 is 17.8 Å². The summed E-state index contributed by atoms with van der Waals surface area (Å²) in [6, 6.07) is 9.18. The summed E-state index contributed by atoms with van der Waals surface area (Å²) in [4.78, 5) is 17.8. The van der Waals surface area contributed by atoms with Crippen molar-refractivity contribution in [2.45, 2.75) is 49.3 Å². The molecule has 2 amide bonds. The summed E-state index contributed by atoms with van der Waals surface area (Å²) >= 11 is 1.95. The van der Waals surface area contributed by atoms with Gasteiger partial charge < -0.3 is 15.1 Å². The molecule has 0 aliphatic carbocycles. The number of benzene rings is 1.